The Morgan fingerprint density at radius 1 is 1.24 bits per heavy atom. The number of nitrogens with zero attached hydrogens (tertiary/aromatic N) is 2. The van der Waals surface area contributed by atoms with Gasteiger partial charge in [0.25, 0.3) is 10.2 Å². The highest BCUT2D eigenvalue weighted by atomic mass is 32.2. The van der Waals surface area contributed by atoms with Crippen LogP contribution in [0.2, 0.25) is 0 Å². The molecule has 0 radical (unpaired) electrons. The van der Waals surface area contributed by atoms with E-state index >= 15 is 0 Å². The van der Waals surface area contributed by atoms with Crippen molar-refractivity contribution in [2.24, 2.45) is 5.92 Å². The monoisotopic (exact) mass is 319 g/mol. The van der Waals surface area contributed by atoms with Crippen LogP contribution in [0.5, 0.6) is 0 Å². The van der Waals surface area contributed by atoms with Crippen LogP contribution in [-0.2, 0) is 19.7 Å². The summed E-state index contributed by atoms with van der Waals surface area (Å²) in [5.74, 6) is -0.424. The second kappa shape index (κ2) is 6.20. The molecule has 2 fully saturated rings. The first-order valence-corrected chi connectivity index (χ1v) is 8.75. The third-order valence-corrected chi connectivity index (χ3v) is 6.57. The van der Waals surface area contributed by atoms with Gasteiger partial charge in [0.15, 0.2) is 0 Å². The SMILES string of the molecule is COC(=O)C1CCN(S(=O)(=O)N2CCNCC2(C)C)CC1. The summed E-state index contributed by atoms with van der Waals surface area (Å²) in [6.07, 6.45) is 1.05. The van der Waals surface area contributed by atoms with Crippen molar-refractivity contribution >= 4 is 16.2 Å². The molecule has 2 heterocycles. The average Bonchev–Trinajstić information content (AvgIpc) is 2.45. The minimum Gasteiger partial charge on any atom is -0.469 e. The summed E-state index contributed by atoms with van der Waals surface area (Å²) in [5, 5.41) is 3.22. The fourth-order valence-corrected chi connectivity index (χ4v) is 4.98. The predicted octanol–water partition coefficient (Wildman–Crippen LogP) is -0.200. The highest BCUT2D eigenvalue weighted by molar-refractivity contribution is 7.86. The molecule has 0 atom stereocenters. The normalized spacial score (nSPS) is 25.7. The molecule has 0 aromatic carbocycles. The second-order valence-corrected chi connectivity index (χ2v) is 8.12. The lowest BCUT2D eigenvalue weighted by Gasteiger charge is -2.44. The van der Waals surface area contributed by atoms with E-state index in [0.29, 0.717) is 45.6 Å². The Hall–Kier alpha value is -0.700. The van der Waals surface area contributed by atoms with Crippen LogP contribution >= 0.6 is 0 Å². The van der Waals surface area contributed by atoms with Crippen LogP contribution in [0.3, 0.4) is 0 Å². The molecular formula is C13H25N3O4S. The van der Waals surface area contributed by atoms with Crippen LogP contribution in [0.1, 0.15) is 26.7 Å². The topological polar surface area (TPSA) is 79.0 Å². The van der Waals surface area contributed by atoms with Gasteiger partial charge >= 0.3 is 5.97 Å². The lowest BCUT2D eigenvalue weighted by Crippen LogP contribution is -2.63. The van der Waals surface area contributed by atoms with Crippen LogP contribution < -0.4 is 5.32 Å². The number of carbonyl (C=O) groups excluding carboxylic acids is 1. The second-order valence-electron chi connectivity index (χ2n) is 6.27. The molecule has 8 heteroatoms. The van der Waals surface area contributed by atoms with Crippen molar-refractivity contribution < 1.29 is 17.9 Å². The zero-order valence-corrected chi connectivity index (χ0v) is 13.8. The Bertz CT molecular complexity index is 484. The Morgan fingerprint density at radius 2 is 1.86 bits per heavy atom. The van der Waals surface area contributed by atoms with E-state index in [1.165, 1.54) is 11.4 Å². The van der Waals surface area contributed by atoms with Gasteiger partial charge in [0.2, 0.25) is 0 Å². The van der Waals surface area contributed by atoms with Crippen molar-refractivity contribution in [3.8, 4) is 0 Å². The Morgan fingerprint density at radius 3 is 2.38 bits per heavy atom. The molecule has 1 N–H and O–H groups in total. The molecule has 21 heavy (non-hydrogen) atoms. The van der Waals surface area contributed by atoms with Crippen LogP contribution in [0.15, 0.2) is 0 Å². The van der Waals surface area contributed by atoms with Gasteiger partial charge in [0, 0.05) is 38.3 Å². The van der Waals surface area contributed by atoms with Crippen LogP contribution in [0, 0.1) is 5.92 Å². The van der Waals surface area contributed by atoms with Gasteiger partial charge in [-0.25, -0.2) is 0 Å². The molecule has 2 aliphatic heterocycles. The van der Waals surface area contributed by atoms with Crippen molar-refractivity contribution in [2.75, 3.05) is 39.8 Å². The van der Waals surface area contributed by atoms with E-state index in [2.05, 4.69) is 5.32 Å². The molecule has 2 aliphatic rings. The molecule has 2 rings (SSSR count). The van der Waals surface area contributed by atoms with E-state index in [9.17, 15) is 13.2 Å². The molecule has 0 amide bonds. The van der Waals surface area contributed by atoms with Crippen molar-refractivity contribution in [3.05, 3.63) is 0 Å². The maximum atomic E-state index is 12.8. The molecule has 122 valence electrons. The molecule has 7 nitrogen and oxygen atoms in total. The van der Waals surface area contributed by atoms with E-state index in [0.717, 1.165) is 0 Å². The molecule has 0 aromatic heterocycles. The maximum absolute atomic E-state index is 12.8. The largest absolute Gasteiger partial charge is 0.469 e. The Kier molecular flexibility index (Phi) is 4.92. The van der Waals surface area contributed by atoms with E-state index < -0.39 is 15.7 Å². The number of esters is 1. The predicted molar refractivity (Wildman–Crippen MR) is 78.9 cm³/mol. The first kappa shape index (κ1) is 16.7. The van der Waals surface area contributed by atoms with Gasteiger partial charge in [0.05, 0.1) is 13.0 Å². The molecule has 0 bridgehead atoms. The van der Waals surface area contributed by atoms with Gasteiger partial charge in [-0.3, -0.25) is 4.79 Å². The van der Waals surface area contributed by atoms with Crippen molar-refractivity contribution in [2.45, 2.75) is 32.2 Å². The average molecular weight is 319 g/mol. The number of piperazine rings is 1. The molecule has 2 saturated heterocycles. The molecule has 0 saturated carbocycles. The van der Waals surface area contributed by atoms with Crippen LogP contribution in [-0.4, -0.2) is 68.4 Å². The summed E-state index contributed by atoms with van der Waals surface area (Å²) in [7, 11) is -2.10. The Balaban J connectivity index is 2.06. The van der Waals surface area contributed by atoms with Crippen LogP contribution in [0.4, 0.5) is 0 Å². The van der Waals surface area contributed by atoms with Crippen molar-refractivity contribution in [1.82, 2.24) is 13.9 Å². The lowest BCUT2D eigenvalue weighted by molar-refractivity contribution is -0.146. The van der Waals surface area contributed by atoms with E-state index in [-0.39, 0.29) is 11.9 Å². The first-order valence-electron chi connectivity index (χ1n) is 7.35. The number of hydrogen-bond donors (Lipinski definition) is 1. The quantitative estimate of drug-likeness (QED) is 0.729. The summed E-state index contributed by atoms with van der Waals surface area (Å²) in [4.78, 5) is 11.5. The number of ether oxygens (including phenoxy) is 1. The van der Waals surface area contributed by atoms with Gasteiger partial charge in [-0.1, -0.05) is 0 Å². The summed E-state index contributed by atoms with van der Waals surface area (Å²) >= 11 is 0. The molecule has 0 aliphatic carbocycles. The zero-order valence-electron chi connectivity index (χ0n) is 13.0. The number of nitrogens with one attached hydrogen (secondary N) is 1. The van der Waals surface area contributed by atoms with E-state index in [4.69, 9.17) is 4.74 Å². The molecule has 0 spiro atoms. The smallest absolute Gasteiger partial charge is 0.308 e. The van der Waals surface area contributed by atoms with Gasteiger partial charge in [-0.2, -0.15) is 17.0 Å². The fraction of sp³-hybridized carbons (Fsp3) is 0.923. The van der Waals surface area contributed by atoms with Gasteiger partial charge in [0.1, 0.15) is 0 Å². The van der Waals surface area contributed by atoms with Crippen molar-refractivity contribution in [1.29, 1.82) is 0 Å². The van der Waals surface area contributed by atoms with Gasteiger partial charge in [-0.15, -0.1) is 0 Å². The van der Waals surface area contributed by atoms with E-state index in [1.807, 2.05) is 13.8 Å². The highest BCUT2D eigenvalue weighted by Gasteiger charge is 2.42. The first-order chi connectivity index (χ1) is 9.79. The zero-order chi connectivity index (χ0) is 15.7. The number of methoxy groups -OCH3 is 1. The maximum Gasteiger partial charge on any atom is 0.308 e. The molecular weight excluding hydrogens is 294 g/mol. The number of hydrogen-bond acceptors (Lipinski definition) is 5. The fourth-order valence-electron chi connectivity index (χ4n) is 3.02. The van der Waals surface area contributed by atoms with Gasteiger partial charge in [-0.05, 0) is 26.7 Å². The summed E-state index contributed by atoms with van der Waals surface area (Å²) in [6.45, 7) is 6.40. The summed E-state index contributed by atoms with van der Waals surface area (Å²) in [5.41, 5.74) is -0.434. The third kappa shape index (κ3) is 3.39. The summed E-state index contributed by atoms with van der Waals surface area (Å²) < 4.78 is 33.4. The molecule has 0 aromatic rings. The lowest BCUT2D eigenvalue weighted by atomic mass is 9.99. The standard InChI is InChI=1S/C13H25N3O4S/c1-13(2)10-14-6-9-16(13)21(18,19)15-7-4-11(5-8-15)12(17)20-3/h11,14H,4-10H2,1-3H3. The Labute approximate surface area is 126 Å². The highest BCUT2D eigenvalue weighted by Crippen LogP contribution is 2.27. The minimum absolute atomic E-state index is 0.183. The molecule has 0 unspecified atom stereocenters. The summed E-state index contributed by atoms with van der Waals surface area (Å²) in [6, 6.07) is 0. The van der Waals surface area contributed by atoms with Gasteiger partial charge < -0.3 is 10.1 Å². The minimum atomic E-state index is -3.47. The number of carbonyl (C=O) groups is 1. The third-order valence-electron chi connectivity index (χ3n) is 4.32. The van der Waals surface area contributed by atoms with Crippen LogP contribution in [0.25, 0.3) is 0 Å². The number of piperidine rings is 1. The van der Waals surface area contributed by atoms with Crippen molar-refractivity contribution in [3.63, 3.8) is 0 Å². The number of rotatable bonds is 3. The van der Waals surface area contributed by atoms with E-state index in [1.54, 1.807) is 4.31 Å².